The fourth-order valence-corrected chi connectivity index (χ4v) is 3.06. The van der Waals surface area contributed by atoms with Gasteiger partial charge in [0, 0.05) is 22.3 Å². The molecule has 0 unspecified atom stereocenters. The van der Waals surface area contributed by atoms with Gasteiger partial charge in [-0.1, -0.05) is 34.1 Å². The van der Waals surface area contributed by atoms with Crippen LogP contribution < -0.4 is 10.1 Å². The number of nitrogens with zero attached hydrogens (tertiary/aromatic N) is 2. The Balaban J connectivity index is 1.61. The first-order chi connectivity index (χ1) is 13.0. The van der Waals surface area contributed by atoms with Crippen molar-refractivity contribution in [3.63, 3.8) is 0 Å². The number of hydrogen-bond donors (Lipinski definition) is 1. The molecule has 140 valence electrons. The molecule has 0 aliphatic carbocycles. The largest absolute Gasteiger partial charge is 0.481 e. The predicted octanol–water partition coefficient (Wildman–Crippen LogP) is 4.09. The molecule has 1 aromatic heterocycles. The Morgan fingerprint density at radius 3 is 2.67 bits per heavy atom. The molecule has 0 fully saturated rings. The van der Waals surface area contributed by atoms with Crippen LogP contribution in [-0.4, -0.2) is 22.3 Å². The molecule has 7 heteroatoms. The van der Waals surface area contributed by atoms with Gasteiger partial charge in [-0.05, 0) is 44.2 Å². The maximum absolute atomic E-state index is 13.7. The molecule has 0 radical (unpaired) electrons. The summed E-state index contributed by atoms with van der Waals surface area (Å²) in [5, 5.41) is 7.35. The molecule has 0 aliphatic rings. The Hall–Kier alpha value is -2.67. The monoisotopic (exact) mass is 431 g/mol. The Kier molecular flexibility index (Phi) is 5.91. The number of carbonyl (C=O) groups is 1. The second kappa shape index (κ2) is 8.35. The van der Waals surface area contributed by atoms with Crippen LogP contribution in [0, 0.1) is 19.7 Å². The van der Waals surface area contributed by atoms with E-state index in [4.69, 9.17) is 4.74 Å². The summed E-state index contributed by atoms with van der Waals surface area (Å²) in [5.41, 5.74) is 3.71. The topological polar surface area (TPSA) is 56.2 Å². The molecule has 1 amide bonds. The highest BCUT2D eigenvalue weighted by Crippen LogP contribution is 2.21. The highest BCUT2D eigenvalue weighted by atomic mass is 79.9. The molecule has 1 heterocycles. The third kappa shape index (κ3) is 4.54. The lowest BCUT2D eigenvalue weighted by atomic mass is 10.2. The van der Waals surface area contributed by atoms with Gasteiger partial charge in [0.2, 0.25) is 0 Å². The van der Waals surface area contributed by atoms with Crippen molar-refractivity contribution in [2.75, 3.05) is 6.61 Å². The predicted molar refractivity (Wildman–Crippen MR) is 104 cm³/mol. The van der Waals surface area contributed by atoms with Gasteiger partial charge in [-0.3, -0.25) is 4.79 Å². The van der Waals surface area contributed by atoms with Crippen LogP contribution in [0.5, 0.6) is 5.75 Å². The van der Waals surface area contributed by atoms with Crippen LogP contribution in [0.3, 0.4) is 0 Å². The molecular formula is C20H19BrFN3O2. The van der Waals surface area contributed by atoms with Crippen LogP contribution in [0.1, 0.15) is 17.0 Å². The molecular weight excluding hydrogens is 413 g/mol. The number of aromatic nitrogens is 2. The number of hydrogen-bond acceptors (Lipinski definition) is 3. The molecule has 27 heavy (non-hydrogen) atoms. The number of carbonyl (C=O) groups excluding carboxylic acids is 1. The van der Waals surface area contributed by atoms with Crippen molar-refractivity contribution in [3.8, 4) is 11.4 Å². The number of aryl methyl sites for hydroxylation is 1. The fourth-order valence-electron chi connectivity index (χ4n) is 2.72. The first-order valence-corrected chi connectivity index (χ1v) is 9.20. The molecule has 0 saturated carbocycles. The lowest BCUT2D eigenvalue weighted by Crippen LogP contribution is -2.29. The molecule has 0 aliphatic heterocycles. The van der Waals surface area contributed by atoms with Crippen molar-refractivity contribution in [1.82, 2.24) is 15.1 Å². The maximum Gasteiger partial charge on any atom is 0.258 e. The van der Waals surface area contributed by atoms with E-state index in [1.54, 1.807) is 6.07 Å². The number of nitrogens with one attached hydrogen (secondary N) is 1. The maximum atomic E-state index is 13.7. The second-order valence-corrected chi connectivity index (χ2v) is 6.95. The minimum Gasteiger partial charge on any atom is -0.481 e. The zero-order valence-electron chi connectivity index (χ0n) is 15.0. The van der Waals surface area contributed by atoms with E-state index in [2.05, 4.69) is 26.3 Å². The average molecular weight is 432 g/mol. The van der Waals surface area contributed by atoms with E-state index >= 15 is 0 Å². The molecule has 5 nitrogen and oxygen atoms in total. The van der Waals surface area contributed by atoms with Crippen molar-refractivity contribution >= 4 is 21.8 Å². The van der Waals surface area contributed by atoms with E-state index in [1.165, 1.54) is 12.1 Å². The van der Waals surface area contributed by atoms with E-state index in [0.29, 0.717) is 11.0 Å². The van der Waals surface area contributed by atoms with Crippen molar-refractivity contribution in [2.24, 2.45) is 0 Å². The normalized spacial score (nSPS) is 10.7. The summed E-state index contributed by atoms with van der Waals surface area (Å²) in [6.07, 6.45) is 0. The smallest absolute Gasteiger partial charge is 0.258 e. The van der Waals surface area contributed by atoms with Gasteiger partial charge in [-0.25, -0.2) is 9.07 Å². The number of rotatable bonds is 6. The number of amides is 1. The summed E-state index contributed by atoms with van der Waals surface area (Å²) in [7, 11) is 0. The molecule has 2 aromatic carbocycles. The first-order valence-electron chi connectivity index (χ1n) is 8.41. The third-order valence-corrected chi connectivity index (χ3v) is 4.65. The summed E-state index contributed by atoms with van der Waals surface area (Å²) < 4.78 is 21.4. The van der Waals surface area contributed by atoms with E-state index in [1.807, 2.05) is 48.9 Å². The van der Waals surface area contributed by atoms with Gasteiger partial charge in [-0.15, -0.1) is 0 Å². The second-order valence-electron chi connectivity index (χ2n) is 6.04. The minimum atomic E-state index is -0.520. The molecule has 0 atom stereocenters. The van der Waals surface area contributed by atoms with Gasteiger partial charge < -0.3 is 10.1 Å². The zero-order valence-corrected chi connectivity index (χ0v) is 16.6. The van der Waals surface area contributed by atoms with E-state index in [0.717, 1.165) is 22.6 Å². The molecule has 1 N–H and O–H groups in total. The number of benzene rings is 2. The van der Waals surface area contributed by atoms with Crippen LogP contribution in [0.25, 0.3) is 5.69 Å². The highest BCUT2D eigenvalue weighted by molar-refractivity contribution is 9.10. The van der Waals surface area contributed by atoms with Crippen LogP contribution >= 0.6 is 15.9 Å². The lowest BCUT2D eigenvalue weighted by Gasteiger charge is -2.09. The van der Waals surface area contributed by atoms with Crippen molar-refractivity contribution in [2.45, 2.75) is 20.4 Å². The van der Waals surface area contributed by atoms with E-state index < -0.39 is 5.82 Å². The third-order valence-electron chi connectivity index (χ3n) is 4.16. The first kappa shape index (κ1) is 19.1. The van der Waals surface area contributed by atoms with Crippen molar-refractivity contribution < 1.29 is 13.9 Å². The van der Waals surface area contributed by atoms with Crippen molar-refractivity contribution in [3.05, 3.63) is 75.8 Å². The summed E-state index contributed by atoms with van der Waals surface area (Å²) in [6.45, 7) is 3.93. The van der Waals surface area contributed by atoms with E-state index in [9.17, 15) is 9.18 Å². The SMILES string of the molecule is Cc1nn(-c2ccccc2)c(C)c1CNC(=O)COc1ccc(Br)cc1F. The Labute approximate surface area is 165 Å². The van der Waals surface area contributed by atoms with Crippen LogP contribution in [0.2, 0.25) is 0 Å². The fraction of sp³-hybridized carbons (Fsp3) is 0.200. The number of para-hydroxylation sites is 1. The van der Waals surface area contributed by atoms with Crippen molar-refractivity contribution in [1.29, 1.82) is 0 Å². The van der Waals surface area contributed by atoms with Gasteiger partial charge in [0.25, 0.3) is 5.91 Å². The Bertz CT molecular complexity index is 957. The van der Waals surface area contributed by atoms with Gasteiger partial charge in [0.05, 0.1) is 11.4 Å². The van der Waals surface area contributed by atoms with Crippen LogP contribution in [0.15, 0.2) is 53.0 Å². The summed E-state index contributed by atoms with van der Waals surface area (Å²) in [6, 6.07) is 14.2. The summed E-state index contributed by atoms with van der Waals surface area (Å²) in [4.78, 5) is 12.1. The highest BCUT2D eigenvalue weighted by Gasteiger charge is 2.14. The average Bonchev–Trinajstić information content (AvgIpc) is 2.94. The molecule has 3 aromatic rings. The summed E-state index contributed by atoms with van der Waals surface area (Å²) >= 11 is 3.18. The van der Waals surface area contributed by atoms with Gasteiger partial charge in [-0.2, -0.15) is 5.10 Å². The number of halogens is 2. The quantitative estimate of drug-likeness (QED) is 0.639. The summed E-state index contributed by atoms with van der Waals surface area (Å²) in [5.74, 6) is -0.811. The Morgan fingerprint density at radius 1 is 1.22 bits per heavy atom. The molecule has 0 bridgehead atoms. The zero-order chi connectivity index (χ0) is 19.4. The van der Waals surface area contributed by atoms with E-state index in [-0.39, 0.29) is 18.3 Å². The molecule has 0 saturated heterocycles. The standard InChI is InChI=1S/C20H19BrFN3O2/c1-13-17(14(2)25(24-13)16-6-4-3-5-7-16)11-23-20(26)12-27-19-9-8-15(21)10-18(19)22/h3-10H,11-12H2,1-2H3,(H,23,26). The van der Waals surface area contributed by atoms with Crippen LogP contribution in [-0.2, 0) is 11.3 Å². The van der Waals surface area contributed by atoms with Crippen LogP contribution in [0.4, 0.5) is 4.39 Å². The van der Waals surface area contributed by atoms with Gasteiger partial charge in [0.1, 0.15) is 0 Å². The Morgan fingerprint density at radius 2 is 1.96 bits per heavy atom. The van der Waals surface area contributed by atoms with Gasteiger partial charge in [0.15, 0.2) is 18.2 Å². The van der Waals surface area contributed by atoms with Gasteiger partial charge >= 0.3 is 0 Å². The lowest BCUT2D eigenvalue weighted by molar-refractivity contribution is -0.123. The minimum absolute atomic E-state index is 0.0395. The molecule has 0 spiro atoms. The molecule has 3 rings (SSSR count). The number of ether oxygens (including phenoxy) is 1.